The molecule has 26 heavy (non-hydrogen) atoms. The van der Waals surface area contributed by atoms with Crippen molar-refractivity contribution in [1.82, 2.24) is 15.1 Å². The maximum absolute atomic E-state index is 11.7. The third-order valence-corrected chi connectivity index (χ3v) is 5.93. The SMILES string of the molecule is C=CCNC(=O)COC(=O)C=Cc1c(C)nn(C2CCS(=O)(=O)C2)c1Cl. The maximum atomic E-state index is 11.7. The lowest BCUT2D eigenvalue weighted by Gasteiger charge is -2.09. The lowest BCUT2D eigenvalue weighted by atomic mass is 10.2. The number of carbonyl (C=O) groups is 2. The van der Waals surface area contributed by atoms with Crippen LogP contribution in [-0.2, 0) is 24.2 Å². The van der Waals surface area contributed by atoms with Crippen molar-refractivity contribution in [2.45, 2.75) is 19.4 Å². The summed E-state index contributed by atoms with van der Waals surface area (Å²) in [6.07, 6.45) is 4.55. The minimum absolute atomic E-state index is 0.00113. The summed E-state index contributed by atoms with van der Waals surface area (Å²) in [6.45, 7) is 5.06. The van der Waals surface area contributed by atoms with Crippen LogP contribution in [0.1, 0.15) is 23.7 Å². The number of aromatic nitrogens is 2. The Morgan fingerprint density at radius 3 is 2.85 bits per heavy atom. The van der Waals surface area contributed by atoms with E-state index in [1.54, 1.807) is 6.92 Å². The van der Waals surface area contributed by atoms with Crippen LogP contribution in [0.2, 0.25) is 5.15 Å². The van der Waals surface area contributed by atoms with Crippen LogP contribution in [0.3, 0.4) is 0 Å². The number of esters is 1. The first-order valence-electron chi connectivity index (χ1n) is 7.91. The number of carbonyl (C=O) groups excluding carboxylic acids is 2. The van der Waals surface area contributed by atoms with E-state index in [1.165, 1.54) is 16.8 Å². The van der Waals surface area contributed by atoms with Gasteiger partial charge >= 0.3 is 5.97 Å². The van der Waals surface area contributed by atoms with Gasteiger partial charge in [-0.3, -0.25) is 4.79 Å². The number of halogens is 1. The summed E-state index contributed by atoms with van der Waals surface area (Å²) in [5.74, 6) is -1.03. The average Bonchev–Trinajstić information content (AvgIpc) is 3.08. The Hall–Kier alpha value is -2.13. The zero-order chi connectivity index (χ0) is 19.3. The fourth-order valence-electron chi connectivity index (χ4n) is 2.50. The van der Waals surface area contributed by atoms with Gasteiger partial charge in [-0.15, -0.1) is 6.58 Å². The molecule has 10 heteroatoms. The van der Waals surface area contributed by atoms with Crippen molar-refractivity contribution >= 4 is 39.4 Å². The van der Waals surface area contributed by atoms with Gasteiger partial charge in [0.2, 0.25) is 0 Å². The fraction of sp³-hybridized carbons (Fsp3) is 0.438. The van der Waals surface area contributed by atoms with E-state index in [9.17, 15) is 18.0 Å². The summed E-state index contributed by atoms with van der Waals surface area (Å²) >= 11 is 6.30. The molecule has 1 N–H and O–H groups in total. The third kappa shape index (κ3) is 5.18. The number of nitrogens with one attached hydrogen (secondary N) is 1. The highest BCUT2D eigenvalue weighted by Crippen LogP contribution is 2.30. The first-order chi connectivity index (χ1) is 12.2. The molecule has 0 aromatic carbocycles. The molecule has 2 rings (SSSR count). The predicted molar refractivity (Wildman–Crippen MR) is 97.5 cm³/mol. The molecule has 1 saturated heterocycles. The van der Waals surface area contributed by atoms with Crippen molar-refractivity contribution in [3.8, 4) is 0 Å². The molecule has 0 radical (unpaired) electrons. The lowest BCUT2D eigenvalue weighted by Crippen LogP contribution is -2.28. The van der Waals surface area contributed by atoms with Crippen molar-refractivity contribution in [3.05, 3.63) is 35.1 Å². The molecule has 0 spiro atoms. The van der Waals surface area contributed by atoms with Crippen LogP contribution in [0.15, 0.2) is 18.7 Å². The molecule has 142 valence electrons. The number of hydrogen-bond acceptors (Lipinski definition) is 6. The zero-order valence-corrected chi connectivity index (χ0v) is 15.8. The van der Waals surface area contributed by atoms with E-state index in [0.29, 0.717) is 17.7 Å². The number of rotatable bonds is 7. The van der Waals surface area contributed by atoms with Gasteiger partial charge < -0.3 is 10.1 Å². The monoisotopic (exact) mass is 401 g/mol. The minimum atomic E-state index is -3.07. The molecule has 1 aliphatic heterocycles. The normalized spacial score (nSPS) is 18.8. The summed E-state index contributed by atoms with van der Waals surface area (Å²) in [4.78, 5) is 23.1. The topological polar surface area (TPSA) is 107 Å². The molecule has 8 nitrogen and oxygen atoms in total. The second-order valence-electron chi connectivity index (χ2n) is 5.83. The predicted octanol–water partition coefficient (Wildman–Crippen LogP) is 1.06. The number of amides is 1. The molecular weight excluding hydrogens is 382 g/mol. The highest BCUT2D eigenvalue weighted by Gasteiger charge is 2.31. The summed E-state index contributed by atoms with van der Waals surface area (Å²) in [5, 5.41) is 7.03. The van der Waals surface area contributed by atoms with Gasteiger partial charge in [-0.1, -0.05) is 17.7 Å². The van der Waals surface area contributed by atoms with Crippen molar-refractivity contribution in [1.29, 1.82) is 0 Å². The second-order valence-corrected chi connectivity index (χ2v) is 8.41. The van der Waals surface area contributed by atoms with Gasteiger partial charge in [0.25, 0.3) is 5.91 Å². The quantitative estimate of drug-likeness (QED) is 0.416. The van der Waals surface area contributed by atoms with Crippen LogP contribution in [0.25, 0.3) is 6.08 Å². The molecule has 1 aliphatic rings. The molecule has 1 unspecified atom stereocenters. The van der Waals surface area contributed by atoms with Crippen LogP contribution in [0.4, 0.5) is 0 Å². The van der Waals surface area contributed by atoms with Crippen LogP contribution in [-0.4, -0.2) is 54.7 Å². The van der Waals surface area contributed by atoms with Crippen molar-refractivity contribution in [2.24, 2.45) is 0 Å². The summed E-state index contributed by atoms with van der Waals surface area (Å²) in [7, 11) is -3.07. The number of hydrogen-bond donors (Lipinski definition) is 1. The molecule has 0 bridgehead atoms. The molecule has 1 aromatic heterocycles. The molecule has 0 saturated carbocycles. The Kier molecular flexibility index (Phi) is 6.60. The Bertz CT molecular complexity index is 844. The molecule has 0 aliphatic carbocycles. The molecule has 1 atom stereocenters. The standard InChI is InChI=1S/C16H20ClN3O5S/c1-3-7-18-14(21)9-25-15(22)5-4-13-11(2)19-20(16(13)17)12-6-8-26(23,24)10-12/h3-5,12H,1,6-10H2,2H3,(H,18,21). The first kappa shape index (κ1) is 20.2. The minimum Gasteiger partial charge on any atom is -0.452 e. The summed E-state index contributed by atoms with van der Waals surface area (Å²) in [5.41, 5.74) is 1.07. The van der Waals surface area contributed by atoms with Crippen LogP contribution >= 0.6 is 11.6 Å². The number of aryl methyl sites for hydroxylation is 1. The van der Waals surface area contributed by atoms with E-state index < -0.39 is 28.3 Å². The van der Waals surface area contributed by atoms with Crippen LogP contribution < -0.4 is 5.32 Å². The van der Waals surface area contributed by atoms with Crippen molar-refractivity contribution < 1.29 is 22.7 Å². The van der Waals surface area contributed by atoms with Gasteiger partial charge in [-0.2, -0.15) is 5.10 Å². The third-order valence-electron chi connectivity index (χ3n) is 3.80. The van der Waals surface area contributed by atoms with Gasteiger partial charge in [-0.05, 0) is 19.4 Å². The smallest absolute Gasteiger partial charge is 0.331 e. The summed E-state index contributed by atoms with van der Waals surface area (Å²) < 4.78 is 29.6. The fourth-order valence-corrected chi connectivity index (χ4v) is 4.57. The van der Waals surface area contributed by atoms with Crippen molar-refractivity contribution in [2.75, 3.05) is 24.7 Å². The van der Waals surface area contributed by atoms with Crippen LogP contribution in [0.5, 0.6) is 0 Å². The average molecular weight is 402 g/mol. The summed E-state index contributed by atoms with van der Waals surface area (Å²) in [6, 6.07) is -0.311. The van der Waals surface area contributed by atoms with E-state index in [0.717, 1.165) is 6.08 Å². The number of sulfone groups is 1. The van der Waals surface area contributed by atoms with Gasteiger partial charge in [0.15, 0.2) is 16.4 Å². The van der Waals surface area contributed by atoms with Gasteiger partial charge in [0.05, 0.1) is 23.2 Å². The van der Waals surface area contributed by atoms with Crippen molar-refractivity contribution in [3.63, 3.8) is 0 Å². The zero-order valence-electron chi connectivity index (χ0n) is 14.3. The molecule has 2 heterocycles. The van der Waals surface area contributed by atoms with E-state index in [4.69, 9.17) is 16.3 Å². The molecule has 1 fully saturated rings. The Morgan fingerprint density at radius 1 is 1.50 bits per heavy atom. The van der Waals surface area contributed by atoms with Crippen LogP contribution in [0, 0.1) is 6.92 Å². The Labute approximate surface area is 156 Å². The highest BCUT2D eigenvalue weighted by atomic mass is 35.5. The van der Waals surface area contributed by atoms with E-state index in [-0.39, 0.29) is 29.2 Å². The molecule has 1 amide bonds. The molecule has 1 aromatic rings. The lowest BCUT2D eigenvalue weighted by molar-refractivity contribution is -0.143. The van der Waals surface area contributed by atoms with E-state index in [2.05, 4.69) is 17.0 Å². The number of nitrogens with zero attached hydrogens (tertiary/aromatic N) is 2. The van der Waals surface area contributed by atoms with Gasteiger partial charge in [0, 0.05) is 18.2 Å². The number of ether oxygens (including phenoxy) is 1. The Morgan fingerprint density at radius 2 is 2.23 bits per heavy atom. The van der Waals surface area contributed by atoms with Gasteiger partial charge in [-0.25, -0.2) is 17.9 Å². The largest absolute Gasteiger partial charge is 0.452 e. The maximum Gasteiger partial charge on any atom is 0.331 e. The first-order valence-corrected chi connectivity index (χ1v) is 10.1. The van der Waals surface area contributed by atoms with E-state index in [1.807, 2.05) is 0 Å². The second kappa shape index (κ2) is 8.50. The van der Waals surface area contributed by atoms with Gasteiger partial charge in [0.1, 0.15) is 5.15 Å². The van der Waals surface area contributed by atoms with E-state index >= 15 is 0 Å². The highest BCUT2D eigenvalue weighted by molar-refractivity contribution is 7.91. The Balaban J connectivity index is 2.01. The molecular formula is C16H20ClN3O5S.